The molecule has 0 aromatic carbocycles. The maximum atomic E-state index is 6.47. The first kappa shape index (κ1) is 11.7. The Morgan fingerprint density at radius 1 is 1.53 bits per heavy atom. The summed E-state index contributed by atoms with van der Waals surface area (Å²) in [5.41, 5.74) is 8.04. The van der Waals surface area contributed by atoms with Crippen molar-refractivity contribution >= 4 is 11.3 Å². The second-order valence-corrected chi connectivity index (χ2v) is 6.58. The molecule has 2 fully saturated rings. The van der Waals surface area contributed by atoms with Crippen LogP contribution in [-0.4, -0.2) is 12.2 Å². The Labute approximate surface area is 107 Å². The highest BCUT2D eigenvalue weighted by Crippen LogP contribution is 2.47. The average molecular weight is 251 g/mol. The van der Waals surface area contributed by atoms with Crippen molar-refractivity contribution in [2.24, 2.45) is 11.7 Å². The summed E-state index contributed by atoms with van der Waals surface area (Å²) in [6.45, 7) is 3.08. The minimum atomic E-state index is 0.214. The molecule has 1 aromatic rings. The molecule has 3 heteroatoms. The van der Waals surface area contributed by atoms with Crippen LogP contribution in [0.15, 0.2) is 11.4 Å². The van der Waals surface area contributed by atoms with E-state index in [1.807, 2.05) is 11.3 Å². The van der Waals surface area contributed by atoms with E-state index >= 15 is 0 Å². The fourth-order valence-corrected chi connectivity index (χ4v) is 4.25. The summed E-state index contributed by atoms with van der Waals surface area (Å²) in [6, 6.07) is 2.40. The minimum absolute atomic E-state index is 0.214. The normalized spacial score (nSPS) is 28.9. The Hall–Kier alpha value is -0.380. The van der Waals surface area contributed by atoms with Crippen LogP contribution in [0.4, 0.5) is 0 Å². The summed E-state index contributed by atoms with van der Waals surface area (Å²) in [7, 11) is 0. The van der Waals surface area contributed by atoms with E-state index < -0.39 is 0 Å². The molecule has 94 valence electrons. The number of hydrogen-bond donors (Lipinski definition) is 1. The molecule has 2 heterocycles. The molecule has 2 atom stereocenters. The summed E-state index contributed by atoms with van der Waals surface area (Å²) in [5, 5.41) is 2.16. The van der Waals surface area contributed by atoms with Gasteiger partial charge in [-0.25, -0.2) is 0 Å². The summed E-state index contributed by atoms with van der Waals surface area (Å²) in [4.78, 5) is 1.38. The van der Waals surface area contributed by atoms with Crippen LogP contribution in [0, 0.1) is 12.8 Å². The number of rotatable bonds is 2. The first-order valence-electron chi connectivity index (χ1n) is 6.64. The Morgan fingerprint density at radius 2 is 2.35 bits per heavy atom. The molecule has 1 aliphatic heterocycles. The predicted molar refractivity (Wildman–Crippen MR) is 71.2 cm³/mol. The van der Waals surface area contributed by atoms with Crippen molar-refractivity contribution in [1.29, 1.82) is 0 Å². The monoisotopic (exact) mass is 251 g/mol. The SMILES string of the molecule is Cc1ccsc1C(N)C1CCOC2(CCC2)C1. The van der Waals surface area contributed by atoms with Crippen LogP contribution in [0.5, 0.6) is 0 Å². The van der Waals surface area contributed by atoms with Gasteiger partial charge in [0.2, 0.25) is 0 Å². The highest BCUT2D eigenvalue weighted by atomic mass is 32.1. The highest BCUT2D eigenvalue weighted by molar-refractivity contribution is 7.10. The zero-order valence-corrected chi connectivity index (χ0v) is 11.3. The maximum absolute atomic E-state index is 6.47. The van der Waals surface area contributed by atoms with Gasteiger partial charge < -0.3 is 10.5 Å². The van der Waals surface area contributed by atoms with E-state index in [0.717, 1.165) is 13.0 Å². The molecule has 3 rings (SSSR count). The summed E-state index contributed by atoms with van der Waals surface area (Å²) in [6.07, 6.45) is 6.13. The minimum Gasteiger partial charge on any atom is -0.375 e. The quantitative estimate of drug-likeness (QED) is 0.874. The lowest BCUT2D eigenvalue weighted by molar-refractivity contribution is -0.146. The Morgan fingerprint density at radius 3 is 2.94 bits per heavy atom. The van der Waals surface area contributed by atoms with Gasteiger partial charge in [-0.05, 0) is 62.0 Å². The largest absolute Gasteiger partial charge is 0.375 e. The van der Waals surface area contributed by atoms with Gasteiger partial charge in [-0.3, -0.25) is 0 Å². The number of nitrogens with two attached hydrogens (primary N) is 1. The highest BCUT2D eigenvalue weighted by Gasteiger charge is 2.44. The molecule has 2 nitrogen and oxygen atoms in total. The first-order valence-corrected chi connectivity index (χ1v) is 7.52. The van der Waals surface area contributed by atoms with Crippen molar-refractivity contribution < 1.29 is 4.74 Å². The van der Waals surface area contributed by atoms with E-state index in [9.17, 15) is 0 Å². The molecular weight excluding hydrogens is 230 g/mol. The second-order valence-electron chi connectivity index (χ2n) is 5.63. The molecule has 1 spiro atoms. The number of aryl methyl sites for hydroxylation is 1. The van der Waals surface area contributed by atoms with Gasteiger partial charge in [0.15, 0.2) is 0 Å². The van der Waals surface area contributed by atoms with Gasteiger partial charge >= 0.3 is 0 Å². The maximum Gasteiger partial charge on any atom is 0.0686 e. The van der Waals surface area contributed by atoms with Gasteiger partial charge in [0, 0.05) is 17.5 Å². The standard InChI is InChI=1S/C14H21NOS/c1-10-4-8-17-13(10)12(15)11-3-7-16-14(9-11)5-2-6-14/h4,8,11-12H,2-3,5-7,9,15H2,1H3. The molecule has 1 saturated carbocycles. The molecule has 0 bridgehead atoms. The zero-order chi connectivity index (χ0) is 11.9. The van der Waals surface area contributed by atoms with Crippen molar-refractivity contribution in [3.63, 3.8) is 0 Å². The van der Waals surface area contributed by atoms with Crippen LogP contribution in [-0.2, 0) is 4.74 Å². The molecule has 1 aromatic heterocycles. The smallest absolute Gasteiger partial charge is 0.0686 e. The van der Waals surface area contributed by atoms with Crippen molar-refractivity contribution in [1.82, 2.24) is 0 Å². The molecule has 2 N–H and O–H groups in total. The average Bonchev–Trinajstić information content (AvgIpc) is 2.73. The van der Waals surface area contributed by atoms with Crippen molar-refractivity contribution in [3.05, 3.63) is 21.9 Å². The summed E-state index contributed by atoms with van der Waals surface area (Å²) >= 11 is 1.81. The molecule has 2 aliphatic rings. The van der Waals surface area contributed by atoms with E-state index in [-0.39, 0.29) is 11.6 Å². The lowest BCUT2D eigenvalue weighted by atomic mass is 9.70. The number of hydrogen-bond acceptors (Lipinski definition) is 3. The van der Waals surface area contributed by atoms with Crippen molar-refractivity contribution in [2.45, 2.75) is 50.7 Å². The molecule has 17 heavy (non-hydrogen) atoms. The van der Waals surface area contributed by atoms with Crippen LogP contribution >= 0.6 is 11.3 Å². The van der Waals surface area contributed by atoms with Crippen LogP contribution in [0.25, 0.3) is 0 Å². The molecule has 1 aliphatic carbocycles. The molecule has 0 radical (unpaired) electrons. The van der Waals surface area contributed by atoms with Crippen LogP contribution in [0.1, 0.15) is 48.6 Å². The number of ether oxygens (including phenoxy) is 1. The van der Waals surface area contributed by atoms with E-state index in [2.05, 4.69) is 18.4 Å². The molecule has 1 saturated heterocycles. The van der Waals surface area contributed by atoms with Crippen molar-refractivity contribution in [2.75, 3.05) is 6.61 Å². The van der Waals surface area contributed by atoms with E-state index in [4.69, 9.17) is 10.5 Å². The second kappa shape index (κ2) is 4.38. The third-order valence-corrected chi connectivity index (χ3v) is 5.63. The third-order valence-electron chi connectivity index (χ3n) is 4.51. The number of thiophene rings is 1. The first-order chi connectivity index (χ1) is 8.20. The lowest BCUT2D eigenvalue weighted by Crippen LogP contribution is -2.47. The van der Waals surface area contributed by atoms with Crippen molar-refractivity contribution in [3.8, 4) is 0 Å². The predicted octanol–water partition coefficient (Wildman–Crippen LogP) is 3.41. The van der Waals surface area contributed by atoms with Gasteiger partial charge in [-0.1, -0.05) is 0 Å². The van der Waals surface area contributed by atoms with Gasteiger partial charge in [0.1, 0.15) is 0 Å². The zero-order valence-electron chi connectivity index (χ0n) is 10.4. The fraction of sp³-hybridized carbons (Fsp3) is 0.714. The Balaban J connectivity index is 1.73. The van der Waals surface area contributed by atoms with E-state index in [1.165, 1.54) is 36.1 Å². The molecular formula is C14H21NOS. The Bertz CT molecular complexity index is 397. The Kier molecular flexibility index (Phi) is 3.01. The lowest BCUT2D eigenvalue weighted by Gasteiger charge is -2.48. The topological polar surface area (TPSA) is 35.2 Å². The van der Waals surface area contributed by atoms with Gasteiger partial charge in [-0.2, -0.15) is 0 Å². The van der Waals surface area contributed by atoms with Gasteiger partial charge in [-0.15, -0.1) is 11.3 Å². The summed E-state index contributed by atoms with van der Waals surface area (Å²) < 4.78 is 5.98. The van der Waals surface area contributed by atoms with Crippen LogP contribution < -0.4 is 5.73 Å². The molecule has 2 unspecified atom stereocenters. The van der Waals surface area contributed by atoms with E-state index in [1.54, 1.807) is 0 Å². The van der Waals surface area contributed by atoms with Gasteiger partial charge in [0.05, 0.1) is 5.60 Å². The summed E-state index contributed by atoms with van der Waals surface area (Å²) in [5.74, 6) is 0.612. The fourth-order valence-electron chi connectivity index (χ4n) is 3.23. The molecule has 0 amide bonds. The van der Waals surface area contributed by atoms with Gasteiger partial charge in [0.25, 0.3) is 0 Å². The van der Waals surface area contributed by atoms with E-state index in [0.29, 0.717) is 5.92 Å². The van der Waals surface area contributed by atoms with Crippen LogP contribution in [0.2, 0.25) is 0 Å². The third kappa shape index (κ3) is 2.05. The van der Waals surface area contributed by atoms with Crippen LogP contribution in [0.3, 0.4) is 0 Å².